The monoisotopic (exact) mass is 197 g/mol. The minimum Gasteiger partial charge on any atom is -0.381 e. The van der Waals surface area contributed by atoms with E-state index in [4.69, 9.17) is 10.5 Å². The Morgan fingerprint density at radius 1 is 1.62 bits per heavy atom. The van der Waals surface area contributed by atoms with Crippen molar-refractivity contribution in [1.82, 2.24) is 0 Å². The van der Waals surface area contributed by atoms with E-state index in [9.17, 15) is 0 Å². The van der Waals surface area contributed by atoms with E-state index in [0.717, 1.165) is 26.1 Å². The molecule has 2 nitrogen and oxygen atoms in total. The summed E-state index contributed by atoms with van der Waals surface area (Å²) in [5, 5.41) is 2.12. The van der Waals surface area contributed by atoms with Crippen molar-refractivity contribution < 1.29 is 4.74 Å². The van der Waals surface area contributed by atoms with Crippen LogP contribution in [-0.4, -0.2) is 19.3 Å². The van der Waals surface area contributed by atoms with Gasteiger partial charge in [0.15, 0.2) is 0 Å². The molecule has 0 aromatic carbocycles. The van der Waals surface area contributed by atoms with E-state index in [1.54, 1.807) is 0 Å². The van der Waals surface area contributed by atoms with E-state index in [-0.39, 0.29) is 0 Å². The van der Waals surface area contributed by atoms with Gasteiger partial charge >= 0.3 is 0 Å². The Hall–Kier alpha value is -0.380. The highest BCUT2D eigenvalue weighted by Gasteiger charge is 2.22. The fourth-order valence-corrected chi connectivity index (χ4v) is 2.51. The maximum atomic E-state index is 6.02. The molecular formula is C10H15NOS. The Balaban J connectivity index is 1.93. The standard InChI is InChI=1S/C10H15NOS/c11-10-3-4-12-7-8(10)6-9-2-1-5-13-9/h1-2,5,8,10H,3-4,6-7,11H2. The third kappa shape index (κ3) is 2.30. The van der Waals surface area contributed by atoms with Crippen molar-refractivity contribution in [2.45, 2.75) is 18.9 Å². The summed E-state index contributed by atoms with van der Waals surface area (Å²) in [6.45, 7) is 1.67. The highest BCUT2D eigenvalue weighted by atomic mass is 32.1. The first-order valence-electron chi connectivity index (χ1n) is 4.72. The van der Waals surface area contributed by atoms with Crippen molar-refractivity contribution in [1.29, 1.82) is 0 Å². The van der Waals surface area contributed by atoms with Crippen molar-refractivity contribution in [3.05, 3.63) is 22.4 Å². The first-order chi connectivity index (χ1) is 6.36. The van der Waals surface area contributed by atoms with E-state index in [0.29, 0.717) is 12.0 Å². The number of hydrogen-bond acceptors (Lipinski definition) is 3. The highest BCUT2D eigenvalue weighted by molar-refractivity contribution is 7.09. The molecule has 0 aliphatic carbocycles. The molecule has 1 aromatic rings. The largest absolute Gasteiger partial charge is 0.381 e. The van der Waals surface area contributed by atoms with Crippen LogP contribution < -0.4 is 5.73 Å². The van der Waals surface area contributed by atoms with Crippen molar-refractivity contribution in [3.8, 4) is 0 Å². The van der Waals surface area contributed by atoms with E-state index in [1.165, 1.54) is 4.88 Å². The van der Waals surface area contributed by atoms with E-state index < -0.39 is 0 Å². The average Bonchev–Trinajstić information content (AvgIpc) is 2.61. The minimum atomic E-state index is 0.329. The van der Waals surface area contributed by atoms with Crippen molar-refractivity contribution in [2.24, 2.45) is 11.7 Å². The Morgan fingerprint density at radius 3 is 3.23 bits per heavy atom. The molecule has 3 heteroatoms. The number of rotatable bonds is 2. The molecule has 0 spiro atoms. The van der Waals surface area contributed by atoms with Gasteiger partial charge in [-0.15, -0.1) is 11.3 Å². The summed E-state index contributed by atoms with van der Waals surface area (Å²) in [5.74, 6) is 0.521. The van der Waals surface area contributed by atoms with E-state index in [2.05, 4.69) is 17.5 Å². The van der Waals surface area contributed by atoms with Gasteiger partial charge in [-0.05, 0) is 24.3 Å². The zero-order valence-electron chi connectivity index (χ0n) is 7.61. The van der Waals surface area contributed by atoms with E-state index >= 15 is 0 Å². The molecule has 0 amide bonds. The normalized spacial score (nSPS) is 29.0. The lowest BCUT2D eigenvalue weighted by Crippen LogP contribution is -2.39. The molecule has 2 unspecified atom stereocenters. The van der Waals surface area contributed by atoms with Crippen LogP contribution in [0, 0.1) is 5.92 Å². The molecule has 1 aliphatic rings. The van der Waals surface area contributed by atoms with Crippen LogP contribution in [-0.2, 0) is 11.2 Å². The molecule has 2 N–H and O–H groups in total. The van der Waals surface area contributed by atoms with Crippen molar-refractivity contribution in [2.75, 3.05) is 13.2 Å². The second kappa shape index (κ2) is 4.22. The zero-order valence-corrected chi connectivity index (χ0v) is 8.43. The van der Waals surface area contributed by atoms with Gasteiger partial charge in [-0.1, -0.05) is 6.07 Å². The lowest BCUT2D eigenvalue weighted by Gasteiger charge is -2.28. The summed E-state index contributed by atoms with van der Waals surface area (Å²) in [4.78, 5) is 1.42. The second-order valence-electron chi connectivity index (χ2n) is 3.57. The molecule has 72 valence electrons. The summed E-state index contributed by atoms with van der Waals surface area (Å²) in [7, 11) is 0. The lowest BCUT2D eigenvalue weighted by molar-refractivity contribution is 0.0425. The highest BCUT2D eigenvalue weighted by Crippen LogP contribution is 2.20. The molecule has 1 saturated heterocycles. The summed E-state index contributed by atoms with van der Waals surface area (Å²) >= 11 is 1.81. The quantitative estimate of drug-likeness (QED) is 0.782. The van der Waals surface area contributed by atoms with Crippen LogP contribution in [0.2, 0.25) is 0 Å². The van der Waals surface area contributed by atoms with Gasteiger partial charge in [0.2, 0.25) is 0 Å². The first-order valence-corrected chi connectivity index (χ1v) is 5.60. The molecule has 2 heterocycles. The predicted octanol–water partition coefficient (Wildman–Crippen LogP) is 1.65. The van der Waals surface area contributed by atoms with Gasteiger partial charge in [-0.3, -0.25) is 0 Å². The van der Waals surface area contributed by atoms with Gasteiger partial charge in [0.05, 0.1) is 6.61 Å². The Morgan fingerprint density at radius 2 is 2.54 bits per heavy atom. The Labute approximate surface area is 82.7 Å². The van der Waals surface area contributed by atoms with Crippen LogP contribution in [0.25, 0.3) is 0 Å². The second-order valence-corrected chi connectivity index (χ2v) is 4.60. The molecular weight excluding hydrogens is 182 g/mol. The van der Waals surface area contributed by atoms with Crippen LogP contribution in [0.15, 0.2) is 17.5 Å². The molecule has 1 fully saturated rings. The van der Waals surface area contributed by atoms with E-state index in [1.807, 2.05) is 11.3 Å². The summed E-state index contributed by atoms with van der Waals surface area (Å²) in [5.41, 5.74) is 6.02. The van der Waals surface area contributed by atoms with Crippen molar-refractivity contribution in [3.63, 3.8) is 0 Å². The smallest absolute Gasteiger partial charge is 0.0512 e. The molecule has 1 aromatic heterocycles. The summed E-state index contributed by atoms with van der Waals surface area (Å²) in [6.07, 6.45) is 2.09. The zero-order chi connectivity index (χ0) is 9.10. The summed E-state index contributed by atoms with van der Waals surface area (Å²) < 4.78 is 5.43. The number of ether oxygens (including phenoxy) is 1. The molecule has 1 aliphatic heterocycles. The van der Waals surface area contributed by atoms with Gasteiger partial charge in [0, 0.05) is 23.4 Å². The van der Waals surface area contributed by atoms with Crippen LogP contribution in [0.5, 0.6) is 0 Å². The molecule has 0 radical (unpaired) electrons. The average molecular weight is 197 g/mol. The van der Waals surface area contributed by atoms with Crippen LogP contribution in [0.1, 0.15) is 11.3 Å². The summed E-state index contributed by atoms with van der Waals surface area (Å²) in [6, 6.07) is 4.59. The lowest BCUT2D eigenvalue weighted by atomic mass is 9.93. The Bertz CT molecular complexity index is 247. The molecule has 0 bridgehead atoms. The van der Waals surface area contributed by atoms with Gasteiger partial charge in [0.1, 0.15) is 0 Å². The van der Waals surface area contributed by atoms with Crippen molar-refractivity contribution >= 4 is 11.3 Å². The fourth-order valence-electron chi connectivity index (χ4n) is 1.71. The molecule has 0 saturated carbocycles. The van der Waals surface area contributed by atoms with Gasteiger partial charge in [0.25, 0.3) is 0 Å². The Kier molecular flexibility index (Phi) is 2.98. The van der Waals surface area contributed by atoms with Gasteiger partial charge in [-0.2, -0.15) is 0 Å². The minimum absolute atomic E-state index is 0.329. The third-order valence-electron chi connectivity index (χ3n) is 2.58. The first kappa shape index (κ1) is 9.19. The third-order valence-corrected chi connectivity index (χ3v) is 3.48. The molecule has 13 heavy (non-hydrogen) atoms. The van der Waals surface area contributed by atoms with Gasteiger partial charge in [-0.25, -0.2) is 0 Å². The maximum absolute atomic E-state index is 6.02. The fraction of sp³-hybridized carbons (Fsp3) is 0.600. The van der Waals surface area contributed by atoms with Crippen LogP contribution in [0.3, 0.4) is 0 Å². The van der Waals surface area contributed by atoms with Gasteiger partial charge < -0.3 is 10.5 Å². The maximum Gasteiger partial charge on any atom is 0.0512 e. The SMILES string of the molecule is NC1CCOCC1Cc1cccs1. The van der Waals surface area contributed by atoms with Crippen LogP contribution >= 0.6 is 11.3 Å². The number of hydrogen-bond donors (Lipinski definition) is 1. The molecule has 2 rings (SSSR count). The predicted molar refractivity (Wildman–Crippen MR) is 54.9 cm³/mol. The topological polar surface area (TPSA) is 35.2 Å². The van der Waals surface area contributed by atoms with Crippen LogP contribution in [0.4, 0.5) is 0 Å². The molecule has 2 atom stereocenters. The number of nitrogens with two attached hydrogens (primary N) is 1. The number of thiophene rings is 1.